The number of imidazole rings is 1. The quantitative estimate of drug-likeness (QED) is 0.677. The number of nitrogens with zero attached hydrogens (tertiary/aromatic N) is 3. The summed E-state index contributed by atoms with van der Waals surface area (Å²) in [5, 5.41) is 3.36. The highest BCUT2D eigenvalue weighted by Crippen LogP contribution is 2.25. The molecule has 0 fully saturated rings. The Balaban J connectivity index is 1.99. The van der Waals surface area contributed by atoms with Crippen molar-refractivity contribution < 1.29 is 4.57 Å². The summed E-state index contributed by atoms with van der Waals surface area (Å²) in [6, 6.07) is 8.00. The van der Waals surface area contributed by atoms with Crippen LogP contribution in [-0.2, 0) is 13.1 Å². The Morgan fingerprint density at radius 3 is 2.88 bits per heavy atom. The molecule has 0 amide bonds. The van der Waals surface area contributed by atoms with Crippen molar-refractivity contribution in [2.45, 2.75) is 32.9 Å². The predicted molar refractivity (Wildman–Crippen MR) is 97.1 cm³/mol. The van der Waals surface area contributed by atoms with Gasteiger partial charge in [0.1, 0.15) is 5.82 Å². The second kappa shape index (κ2) is 6.05. The van der Waals surface area contributed by atoms with E-state index >= 15 is 0 Å². The lowest BCUT2D eigenvalue weighted by Gasteiger charge is -2.15. The van der Waals surface area contributed by atoms with E-state index < -0.39 is 0 Å². The largest absolute Gasteiger partial charge is 0.445 e. The molecule has 0 bridgehead atoms. The Morgan fingerprint density at radius 2 is 2.12 bits per heavy atom. The van der Waals surface area contributed by atoms with E-state index in [4.69, 9.17) is 4.98 Å². The standard InChI is InChI=1S/C17H18BrN5O/c1-2-9-22-16-13(15-19-8-3-10-23(15)17(22)24)20-14(21-16)11-4-6-12(18)7-5-11/h4-7H,2-3,8-10H2,1H3,(H,19,20,21)/p+1. The molecule has 0 spiro atoms. The number of fused-ring (bicyclic) bond motifs is 3. The van der Waals surface area contributed by atoms with E-state index in [1.165, 1.54) is 0 Å². The Hall–Kier alpha value is -2.15. The maximum absolute atomic E-state index is 12.8. The number of H-pyrrole nitrogens is 1. The lowest BCUT2D eigenvalue weighted by Crippen LogP contribution is -2.58. The number of hydrogen-bond acceptors (Lipinski definition) is 3. The molecule has 0 saturated carbocycles. The lowest BCUT2D eigenvalue weighted by molar-refractivity contribution is -0.703. The third kappa shape index (κ3) is 2.43. The van der Waals surface area contributed by atoms with Crippen LogP contribution in [0.5, 0.6) is 0 Å². The highest BCUT2D eigenvalue weighted by atomic mass is 79.9. The summed E-state index contributed by atoms with van der Waals surface area (Å²) in [6.45, 7) is 4.36. The number of rotatable bonds is 3. The Labute approximate surface area is 147 Å². The van der Waals surface area contributed by atoms with Crippen LogP contribution in [0.2, 0.25) is 0 Å². The highest BCUT2D eigenvalue weighted by Gasteiger charge is 2.27. The smallest absolute Gasteiger partial charge is 0.330 e. The van der Waals surface area contributed by atoms with Crippen LogP contribution >= 0.6 is 15.9 Å². The molecule has 4 rings (SSSR count). The molecular formula is C17H19BrN5O+. The minimum atomic E-state index is 0.0143. The van der Waals surface area contributed by atoms with Crippen LogP contribution in [0.15, 0.2) is 33.5 Å². The molecule has 0 radical (unpaired) electrons. The zero-order chi connectivity index (χ0) is 16.7. The molecule has 0 unspecified atom stereocenters. The van der Waals surface area contributed by atoms with Gasteiger partial charge in [0, 0.05) is 16.5 Å². The van der Waals surface area contributed by atoms with Crippen LogP contribution in [0.3, 0.4) is 0 Å². The van der Waals surface area contributed by atoms with Gasteiger partial charge in [0.25, 0.3) is 5.82 Å². The first-order valence-corrected chi connectivity index (χ1v) is 9.04. The molecule has 1 aliphatic rings. The fourth-order valence-electron chi connectivity index (χ4n) is 3.20. The van der Waals surface area contributed by atoms with E-state index in [1.54, 1.807) is 4.57 Å². The molecule has 6 nitrogen and oxygen atoms in total. The van der Waals surface area contributed by atoms with Gasteiger partial charge in [-0.25, -0.2) is 9.36 Å². The summed E-state index contributed by atoms with van der Waals surface area (Å²) in [6.07, 6.45) is 1.85. The van der Waals surface area contributed by atoms with Crippen LogP contribution in [0.4, 0.5) is 5.82 Å². The molecule has 0 atom stereocenters. The van der Waals surface area contributed by atoms with E-state index in [1.807, 2.05) is 28.8 Å². The van der Waals surface area contributed by atoms with E-state index in [0.29, 0.717) is 6.54 Å². The van der Waals surface area contributed by atoms with Crippen molar-refractivity contribution in [3.63, 3.8) is 0 Å². The topological polar surface area (TPSA) is 66.6 Å². The Morgan fingerprint density at radius 1 is 1.33 bits per heavy atom. The maximum atomic E-state index is 12.8. The molecule has 7 heteroatoms. The van der Waals surface area contributed by atoms with Gasteiger partial charge >= 0.3 is 5.69 Å². The van der Waals surface area contributed by atoms with Gasteiger partial charge in [0.05, 0.1) is 19.6 Å². The number of halogens is 1. The minimum Gasteiger partial charge on any atom is -0.330 e. The second-order valence-corrected chi connectivity index (χ2v) is 6.92. The van der Waals surface area contributed by atoms with Gasteiger partial charge in [-0.2, -0.15) is 9.55 Å². The van der Waals surface area contributed by atoms with Gasteiger partial charge in [0.2, 0.25) is 5.65 Å². The van der Waals surface area contributed by atoms with Crippen molar-refractivity contribution in [1.82, 2.24) is 14.5 Å². The average molecular weight is 389 g/mol. The number of aromatic nitrogens is 4. The molecule has 1 aliphatic heterocycles. The fraction of sp³-hybridized carbons (Fsp3) is 0.353. The number of aryl methyl sites for hydroxylation is 1. The van der Waals surface area contributed by atoms with Gasteiger partial charge in [0.15, 0.2) is 5.52 Å². The average Bonchev–Trinajstić information content (AvgIpc) is 3.04. The van der Waals surface area contributed by atoms with Crippen molar-refractivity contribution >= 4 is 32.9 Å². The summed E-state index contributed by atoms with van der Waals surface area (Å²) < 4.78 is 4.63. The van der Waals surface area contributed by atoms with Crippen LogP contribution in [0.1, 0.15) is 19.8 Å². The first-order chi connectivity index (χ1) is 11.7. The van der Waals surface area contributed by atoms with Crippen LogP contribution in [0.25, 0.3) is 22.6 Å². The maximum Gasteiger partial charge on any atom is 0.445 e. The monoisotopic (exact) mass is 388 g/mol. The van der Waals surface area contributed by atoms with Crippen molar-refractivity contribution in [3.8, 4) is 11.4 Å². The third-order valence-electron chi connectivity index (χ3n) is 4.32. The molecule has 2 N–H and O–H groups in total. The Bertz CT molecular complexity index is 958. The first kappa shape index (κ1) is 15.4. The molecule has 24 heavy (non-hydrogen) atoms. The molecule has 1 aromatic carbocycles. The highest BCUT2D eigenvalue weighted by molar-refractivity contribution is 9.10. The number of nitrogens with one attached hydrogen (secondary N) is 2. The normalized spacial score (nSPS) is 13.8. The van der Waals surface area contributed by atoms with E-state index in [0.717, 1.165) is 58.8 Å². The molecule has 3 aromatic rings. The van der Waals surface area contributed by atoms with Crippen LogP contribution in [-0.4, -0.2) is 21.1 Å². The summed E-state index contributed by atoms with van der Waals surface area (Å²) >= 11 is 3.45. The summed E-state index contributed by atoms with van der Waals surface area (Å²) in [4.78, 5) is 21.0. The molecule has 3 heterocycles. The zero-order valence-electron chi connectivity index (χ0n) is 13.5. The van der Waals surface area contributed by atoms with Crippen molar-refractivity contribution in [1.29, 1.82) is 0 Å². The van der Waals surface area contributed by atoms with Crippen LogP contribution in [0, 0.1) is 0 Å². The zero-order valence-corrected chi connectivity index (χ0v) is 15.1. The fourth-order valence-corrected chi connectivity index (χ4v) is 3.46. The van der Waals surface area contributed by atoms with E-state index in [-0.39, 0.29) is 5.69 Å². The molecule has 124 valence electrons. The Kier molecular flexibility index (Phi) is 3.88. The lowest BCUT2D eigenvalue weighted by atomic mass is 10.2. The van der Waals surface area contributed by atoms with Gasteiger partial charge in [-0.3, -0.25) is 0 Å². The van der Waals surface area contributed by atoms with Gasteiger partial charge < -0.3 is 10.3 Å². The summed E-state index contributed by atoms with van der Waals surface area (Å²) in [5.41, 5.74) is 2.64. The first-order valence-electron chi connectivity index (χ1n) is 8.25. The summed E-state index contributed by atoms with van der Waals surface area (Å²) in [5.74, 6) is 1.63. The second-order valence-electron chi connectivity index (χ2n) is 6.01. The third-order valence-corrected chi connectivity index (χ3v) is 4.85. The number of anilines is 1. The number of hydrogen-bond donors (Lipinski definition) is 2. The van der Waals surface area contributed by atoms with Crippen molar-refractivity contribution in [3.05, 3.63) is 39.2 Å². The number of benzene rings is 1. The number of aromatic amines is 1. The minimum absolute atomic E-state index is 0.0143. The van der Waals surface area contributed by atoms with Crippen molar-refractivity contribution in [2.24, 2.45) is 0 Å². The molecular weight excluding hydrogens is 370 g/mol. The van der Waals surface area contributed by atoms with Crippen LogP contribution < -0.4 is 15.6 Å². The summed E-state index contributed by atoms with van der Waals surface area (Å²) in [7, 11) is 0. The predicted octanol–water partition coefficient (Wildman–Crippen LogP) is 2.67. The van der Waals surface area contributed by atoms with E-state index in [9.17, 15) is 4.79 Å². The van der Waals surface area contributed by atoms with Gasteiger partial charge in [-0.15, -0.1) is 0 Å². The molecule has 0 saturated heterocycles. The SMILES string of the molecule is CCCn1c(=O)[n+]2c(c3[nH]c(-c4ccc(Br)cc4)nc31)NCCC2. The van der Waals surface area contributed by atoms with E-state index in [2.05, 4.69) is 33.2 Å². The molecule has 0 aliphatic carbocycles. The van der Waals surface area contributed by atoms with Gasteiger partial charge in [-0.05, 0) is 18.6 Å². The van der Waals surface area contributed by atoms with Crippen molar-refractivity contribution in [2.75, 3.05) is 11.9 Å². The molecule has 2 aromatic heterocycles. The van der Waals surface area contributed by atoms with Gasteiger partial charge in [-0.1, -0.05) is 35.0 Å².